The highest BCUT2D eigenvalue weighted by Crippen LogP contribution is 2.67. The lowest BCUT2D eigenvalue weighted by atomic mass is 9.46. The van der Waals surface area contributed by atoms with Crippen LogP contribution < -0.4 is 0 Å². The molecular weight excluding hydrogens is 396 g/mol. The first-order chi connectivity index (χ1) is 15.1. The van der Waals surface area contributed by atoms with Crippen LogP contribution in [0.15, 0.2) is 11.6 Å². The molecule has 4 aliphatic rings. The summed E-state index contributed by atoms with van der Waals surface area (Å²) in [6.45, 7) is 13.7. The van der Waals surface area contributed by atoms with Crippen LogP contribution in [0.25, 0.3) is 0 Å². The van der Waals surface area contributed by atoms with Crippen molar-refractivity contribution in [2.45, 2.75) is 118 Å². The lowest BCUT2D eigenvalue weighted by Gasteiger charge is -2.59. The summed E-state index contributed by atoms with van der Waals surface area (Å²) >= 11 is 0. The molecule has 4 aliphatic carbocycles. The zero-order valence-corrected chi connectivity index (χ0v) is 21.5. The standard InChI is InChI=1S/C29H48O3/c1-18(2)8-7-9-19(3)23-10-11-24-27-25(13-15-29(23,24)6)28(5)14-12-22(32-20(4)30)16-21(28)17-26(27)31/h17-19,22-27,31H,7-16H2,1-6H3/t19-,22-,23-,24+,25+,26?,27+,28+,29-/m1/s1. The third-order valence-corrected chi connectivity index (χ3v) is 10.6. The van der Waals surface area contributed by atoms with E-state index in [0.717, 1.165) is 37.0 Å². The fourth-order valence-corrected chi connectivity index (χ4v) is 8.98. The number of hydrogen-bond donors (Lipinski definition) is 1. The first-order valence-corrected chi connectivity index (χ1v) is 13.6. The second-order valence-corrected chi connectivity index (χ2v) is 12.9. The molecule has 0 aliphatic heterocycles. The van der Waals surface area contributed by atoms with Gasteiger partial charge in [0.15, 0.2) is 0 Å². The van der Waals surface area contributed by atoms with Gasteiger partial charge in [0.1, 0.15) is 6.10 Å². The fraction of sp³-hybridized carbons (Fsp3) is 0.897. The lowest BCUT2D eigenvalue weighted by Crippen LogP contribution is -2.55. The van der Waals surface area contributed by atoms with E-state index in [1.807, 2.05) is 0 Å². The largest absolute Gasteiger partial charge is 0.462 e. The number of aliphatic hydroxyl groups excluding tert-OH is 1. The van der Waals surface area contributed by atoms with Gasteiger partial charge < -0.3 is 9.84 Å². The van der Waals surface area contributed by atoms with E-state index in [4.69, 9.17) is 4.74 Å². The van der Waals surface area contributed by atoms with Gasteiger partial charge >= 0.3 is 5.97 Å². The first-order valence-electron chi connectivity index (χ1n) is 13.6. The predicted octanol–water partition coefficient (Wildman–Crippen LogP) is 6.93. The van der Waals surface area contributed by atoms with Crippen molar-refractivity contribution in [3.8, 4) is 0 Å². The van der Waals surface area contributed by atoms with Crippen molar-refractivity contribution in [3.05, 3.63) is 11.6 Å². The number of carbonyl (C=O) groups excluding carboxylic acids is 1. The van der Waals surface area contributed by atoms with Gasteiger partial charge in [0.25, 0.3) is 0 Å². The number of fused-ring (bicyclic) bond motifs is 5. The summed E-state index contributed by atoms with van der Waals surface area (Å²) in [6.07, 6.45) is 14.0. The Morgan fingerprint density at radius 2 is 1.84 bits per heavy atom. The van der Waals surface area contributed by atoms with Crippen molar-refractivity contribution in [2.75, 3.05) is 0 Å². The molecule has 9 atom stereocenters. The lowest BCUT2D eigenvalue weighted by molar-refractivity contribution is -0.149. The molecular formula is C29H48O3. The number of esters is 1. The summed E-state index contributed by atoms with van der Waals surface area (Å²) in [6, 6.07) is 0. The number of ether oxygens (including phenoxy) is 1. The monoisotopic (exact) mass is 444 g/mol. The summed E-state index contributed by atoms with van der Waals surface area (Å²) in [5, 5.41) is 11.4. The number of aliphatic hydroxyl groups is 1. The van der Waals surface area contributed by atoms with Crippen molar-refractivity contribution < 1.29 is 14.6 Å². The van der Waals surface area contributed by atoms with Gasteiger partial charge in [0.05, 0.1) is 6.10 Å². The molecule has 1 N–H and O–H groups in total. The molecule has 0 heterocycles. The summed E-state index contributed by atoms with van der Waals surface area (Å²) in [7, 11) is 0. The minimum absolute atomic E-state index is 0.00742. The summed E-state index contributed by atoms with van der Waals surface area (Å²) in [5.41, 5.74) is 1.92. The van der Waals surface area contributed by atoms with Crippen LogP contribution >= 0.6 is 0 Å². The third-order valence-electron chi connectivity index (χ3n) is 10.6. The Balaban J connectivity index is 1.51. The second kappa shape index (κ2) is 9.08. The maximum Gasteiger partial charge on any atom is 0.302 e. The van der Waals surface area contributed by atoms with Crippen LogP contribution in [0.3, 0.4) is 0 Å². The highest BCUT2D eigenvalue weighted by Gasteiger charge is 2.61. The summed E-state index contributed by atoms with van der Waals surface area (Å²) < 4.78 is 5.57. The maximum atomic E-state index is 11.5. The molecule has 3 saturated carbocycles. The third kappa shape index (κ3) is 4.21. The Morgan fingerprint density at radius 1 is 1.09 bits per heavy atom. The van der Waals surface area contributed by atoms with E-state index < -0.39 is 0 Å². The highest BCUT2D eigenvalue weighted by molar-refractivity contribution is 5.66. The Morgan fingerprint density at radius 3 is 2.53 bits per heavy atom. The number of carbonyl (C=O) groups is 1. The molecule has 0 amide bonds. The van der Waals surface area contributed by atoms with Gasteiger partial charge in [-0.05, 0) is 84.9 Å². The molecule has 3 nitrogen and oxygen atoms in total. The molecule has 3 heteroatoms. The van der Waals surface area contributed by atoms with Crippen molar-refractivity contribution >= 4 is 5.97 Å². The summed E-state index contributed by atoms with van der Waals surface area (Å²) in [5.74, 6) is 3.85. The fourth-order valence-electron chi connectivity index (χ4n) is 8.98. The van der Waals surface area contributed by atoms with Gasteiger partial charge in [-0.2, -0.15) is 0 Å². The van der Waals surface area contributed by atoms with Crippen molar-refractivity contribution in [1.29, 1.82) is 0 Å². The maximum absolute atomic E-state index is 11.5. The van der Waals surface area contributed by atoms with E-state index in [9.17, 15) is 9.90 Å². The highest BCUT2D eigenvalue weighted by atomic mass is 16.5. The van der Waals surface area contributed by atoms with E-state index in [1.54, 1.807) is 0 Å². The molecule has 0 saturated heterocycles. The number of rotatable bonds is 6. The normalized spacial score (nSPS) is 44.3. The van der Waals surface area contributed by atoms with E-state index in [2.05, 4.69) is 40.7 Å². The Hall–Kier alpha value is -0.830. The van der Waals surface area contributed by atoms with Gasteiger partial charge in [0, 0.05) is 13.3 Å². The zero-order chi connectivity index (χ0) is 23.3. The minimum atomic E-state index is -0.334. The molecule has 3 fully saturated rings. The Bertz CT molecular complexity index is 726. The molecule has 0 aromatic rings. The molecule has 0 spiro atoms. The molecule has 32 heavy (non-hydrogen) atoms. The molecule has 0 aromatic carbocycles. The van der Waals surface area contributed by atoms with Crippen LogP contribution in [-0.4, -0.2) is 23.3 Å². The van der Waals surface area contributed by atoms with Crippen LogP contribution in [0.4, 0.5) is 0 Å². The Kier molecular flexibility index (Phi) is 6.90. The zero-order valence-electron chi connectivity index (χ0n) is 21.5. The molecule has 1 unspecified atom stereocenters. The predicted molar refractivity (Wildman–Crippen MR) is 130 cm³/mol. The number of hydrogen-bond acceptors (Lipinski definition) is 3. The van der Waals surface area contributed by atoms with Crippen LogP contribution in [0.1, 0.15) is 106 Å². The Labute approximate surface area is 196 Å². The summed E-state index contributed by atoms with van der Waals surface area (Å²) in [4.78, 5) is 11.5. The van der Waals surface area contributed by atoms with E-state index in [1.165, 1.54) is 57.4 Å². The van der Waals surface area contributed by atoms with Gasteiger partial charge in [-0.25, -0.2) is 0 Å². The van der Waals surface area contributed by atoms with Crippen LogP contribution in [0.2, 0.25) is 0 Å². The SMILES string of the molecule is CC(=O)O[C@@H]1CC[C@@]2(C)C(=CC(O)[C@H]3[C@@H]4CC[C@H]([C@H](C)CCCC(C)C)[C@@]4(C)CC[C@@H]32)C1. The average molecular weight is 445 g/mol. The smallest absolute Gasteiger partial charge is 0.302 e. The molecule has 4 rings (SSSR count). The van der Waals surface area contributed by atoms with Crippen LogP contribution in [-0.2, 0) is 9.53 Å². The van der Waals surface area contributed by atoms with Gasteiger partial charge in [-0.3, -0.25) is 4.79 Å². The van der Waals surface area contributed by atoms with Crippen molar-refractivity contribution in [3.63, 3.8) is 0 Å². The quantitative estimate of drug-likeness (QED) is 0.357. The topological polar surface area (TPSA) is 46.5 Å². The van der Waals surface area contributed by atoms with E-state index in [-0.39, 0.29) is 23.6 Å². The molecule has 0 radical (unpaired) electrons. The van der Waals surface area contributed by atoms with Crippen LogP contribution in [0, 0.1) is 46.3 Å². The second-order valence-electron chi connectivity index (χ2n) is 12.9. The molecule has 0 aromatic heterocycles. The first kappa shape index (κ1) is 24.3. The van der Waals surface area contributed by atoms with E-state index >= 15 is 0 Å². The van der Waals surface area contributed by atoms with Crippen LogP contribution in [0.5, 0.6) is 0 Å². The van der Waals surface area contributed by atoms with Crippen molar-refractivity contribution in [1.82, 2.24) is 0 Å². The van der Waals surface area contributed by atoms with Gasteiger partial charge in [0.2, 0.25) is 0 Å². The van der Waals surface area contributed by atoms with Gasteiger partial charge in [-0.1, -0.05) is 65.5 Å². The molecule has 182 valence electrons. The van der Waals surface area contributed by atoms with E-state index in [0.29, 0.717) is 23.2 Å². The van der Waals surface area contributed by atoms with Crippen molar-refractivity contribution in [2.24, 2.45) is 46.3 Å². The molecule has 0 bridgehead atoms. The van der Waals surface area contributed by atoms with Gasteiger partial charge in [-0.15, -0.1) is 0 Å². The minimum Gasteiger partial charge on any atom is -0.462 e. The average Bonchev–Trinajstić information content (AvgIpc) is 3.05.